The Balaban J connectivity index is 1.08. The molecular weight excluding hydrogens is 418 g/mol. The number of carbonyl (C=O) groups excluding carboxylic acids is 1. The fraction of sp³-hybridized carbons (Fsp3) is 0.348. The smallest absolute Gasteiger partial charge is 0.233 e. The summed E-state index contributed by atoms with van der Waals surface area (Å²) in [5, 5.41) is 6.13. The average molecular weight is 441 g/mol. The number of anilines is 2. The molecule has 2 atom stereocenters. The van der Waals surface area contributed by atoms with Crippen LogP contribution in [0.1, 0.15) is 53.9 Å². The van der Waals surface area contributed by atoms with Crippen molar-refractivity contribution in [3.05, 3.63) is 66.0 Å². The third kappa shape index (κ3) is 4.23. The molecule has 0 aromatic carbocycles. The van der Waals surface area contributed by atoms with Crippen molar-refractivity contribution in [2.75, 3.05) is 10.6 Å². The maximum atomic E-state index is 12.6. The van der Waals surface area contributed by atoms with Crippen molar-refractivity contribution in [1.29, 1.82) is 0 Å². The van der Waals surface area contributed by atoms with Gasteiger partial charge in [-0.05, 0) is 43.7 Å². The number of hydrogen-bond donors (Lipinski definition) is 2. The molecule has 33 heavy (non-hydrogen) atoms. The maximum absolute atomic E-state index is 12.6. The van der Waals surface area contributed by atoms with Gasteiger partial charge in [0.15, 0.2) is 0 Å². The third-order valence-corrected chi connectivity index (χ3v) is 6.07. The van der Waals surface area contributed by atoms with Crippen molar-refractivity contribution >= 4 is 23.3 Å². The van der Waals surface area contributed by atoms with Crippen molar-refractivity contribution < 1.29 is 4.79 Å². The quantitative estimate of drug-likeness (QED) is 0.449. The Morgan fingerprint density at radius 3 is 2.85 bits per heavy atom. The van der Waals surface area contributed by atoms with E-state index < -0.39 is 0 Å². The average Bonchev–Trinajstić information content (AvgIpc) is 3.74. The lowest BCUT2D eigenvalue weighted by Crippen LogP contribution is -2.16. The largest absolute Gasteiger partial charge is 0.364 e. The van der Waals surface area contributed by atoms with Gasteiger partial charge in [-0.25, -0.2) is 29.9 Å². The van der Waals surface area contributed by atoms with E-state index in [0.717, 1.165) is 23.6 Å². The molecule has 0 aliphatic heterocycles. The number of fused-ring (bicyclic) bond motifs is 1. The molecule has 2 saturated carbocycles. The SMILES string of the molecule is Cc1ccnc([C@H]2CC2C(=O)Nc2cc(NCc3cn4cc(C5CC5)cnc4n3)ncn2)n1. The minimum absolute atomic E-state index is 0.0634. The normalized spacial score (nSPS) is 19.4. The van der Waals surface area contributed by atoms with E-state index in [-0.39, 0.29) is 17.7 Å². The van der Waals surface area contributed by atoms with Crippen LogP contribution in [-0.2, 0) is 11.3 Å². The molecule has 10 heteroatoms. The molecular formula is C23H23N9O. The highest BCUT2D eigenvalue weighted by molar-refractivity contribution is 5.94. The van der Waals surface area contributed by atoms with Crippen molar-refractivity contribution in [2.24, 2.45) is 5.92 Å². The molecule has 2 aliphatic carbocycles. The summed E-state index contributed by atoms with van der Waals surface area (Å²) in [5.41, 5.74) is 3.03. The molecule has 10 nitrogen and oxygen atoms in total. The van der Waals surface area contributed by atoms with E-state index in [0.29, 0.717) is 29.9 Å². The van der Waals surface area contributed by atoms with E-state index in [2.05, 4.69) is 46.7 Å². The molecule has 2 aliphatic rings. The summed E-state index contributed by atoms with van der Waals surface area (Å²) < 4.78 is 1.97. The van der Waals surface area contributed by atoms with Crippen LogP contribution < -0.4 is 10.6 Å². The number of carbonyl (C=O) groups is 1. The van der Waals surface area contributed by atoms with Gasteiger partial charge in [-0.2, -0.15) is 0 Å². The number of nitrogens with zero attached hydrogens (tertiary/aromatic N) is 7. The fourth-order valence-corrected chi connectivity index (χ4v) is 4.00. The van der Waals surface area contributed by atoms with Crippen molar-refractivity contribution in [1.82, 2.24) is 34.3 Å². The van der Waals surface area contributed by atoms with Gasteiger partial charge in [-0.3, -0.25) is 9.20 Å². The number of nitrogens with one attached hydrogen (secondary N) is 2. The Kier molecular flexibility index (Phi) is 4.70. The van der Waals surface area contributed by atoms with Gasteiger partial charge < -0.3 is 10.6 Å². The zero-order valence-corrected chi connectivity index (χ0v) is 18.1. The van der Waals surface area contributed by atoms with Crippen LogP contribution >= 0.6 is 0 Å². The van der Waals surface area contributed by atoms with Crippen LogP contribution in [0.3, 0.4) is 0 Å². The standard InChI is InChI=1S/C23H23N9O/c1-13-4-5-24-21(29-13)17-6-18(17)22(33)31-20-7-19(27-12-28-20)25-9-16-11-32-10-15(14-2-3-14)8-26-23(32)30-16/h4-5,7-8,10-12,14,17-18H,2-3,6,9H2,1H3,(H2,25,27,28,31,33)/t17-,18?/m0/s1. The van der Waals surface area contributed by atoms with Crippen LogP contribution in [0.25, 0.3) is 5.78 Å². The van der Waals surface area contributed by atoms with Gasteiger partial charge in [0.2, 0.25) is 11.7 Å². The molecule has 4 aromatic rings. The van der Waals surface area contributed by atoms with Crippen molar-refractivity contribution in [2.45, 2.75) is 44.6 Å². The van der Waals surface area contributed by atoms with Gasteiger partial charge >= 0.3 is 0 Å². The number of hydrogen-bond acceptors (Lipinski definition) is 8. The van der Waals surface area contributed by atoms with E-state index in [1.54, 1.807) is 12.3 Å². The van der Waals surface area contributed by atoms with Gasteiger partial charge in [-0.1, -0.05) is 0 Å². The second-order valence-electron chi connectivity index (χ2n) is 8.74. The topological polar surface area (TPSA) is 123 Å². The molecule has 0 radical (unpaired) electrons. The number of rotatable bonds is 7. The maximum Gasteiger partial charge on any atom is 0.233 e. The summed E-state index contributed by atoms with van der Waals surface area (Å²) >= 11 is 0. The Hall–Kier alpha value is -3.95. The van der Waals surface area contributed by atoms with E-state index in [1.165, 1.54) is 24.7 Å². The van der Waals surface area contributed by atoms with E-state index in [9.17, 15) is 4.79 Å². The highest BCUT2D eigenvalue weighted by atomic mass is 16.2. The summed E-state index contributed by atoms with van der Waals surface area (Å²) in [6, 6.07) is 3.57. The highest BCUT2D eigenvalue weighted by Crippen LogP contribution is 2.46. The second-order valence-corrected chi connectivity index (χ2v) is 8.74. The molecule has 4 heterocycles. The second kappa shape index (κ2) is 7.88. The van der Waals surface area contributed by atoms with Gasteiger partial charge in [-0.15, -0.1) is 0 Å². The van der Waals surface area contributed by atoms with Crippen LogP contribution in [0, 0.1) is 12.8 Å². The van der Waals surface area contributed by atoms with Crippen LogP contribution in [0.5, 0.6) is 0 Å². The lowest BCUT2D eigenvalue weighted by atomic mass is 10.2. The van der Waals surface area contributed by atoms with E-state index in [4.69, 9.17) is 0 Å². The first-order chi connectivity index (χ1) is 16.1. The minimum atomic E-state index is -0.135. The highest BCUT2D eigenvalue weighted by Gasteiger charge is 2.46. The molecule has 4 aromatic heterocycles. The molecule has 0 bridgehead atoms. The lowest BCUT2D eigenvalue weighted by Gasteiger charge is -2.07. The van der Waals surface area contributed by atoms with Crippen LogP contribution in [0.2, 0.25) is 0 Å². The van der Waals surface area contributed by atoms with Gasteiger partial charge in [0.25, 0.3) is 0 Å². The van der Waals surface area contributed by atoms with Crippen LogP contribution in [0.15, 0.2) is 43.2 Å². The molecule has 2 fully saturated rings. The Morgan fingerprint density at radius 1 is 1.12 bits per heavy atom. The van der Waals surface area contributed by atoms with E-state index in [1.807, 2.05) is 29.8 Å². The molecule has 2 N–H and O–H groups in total. The Labute approximate surface area is 190 Å². The predicted molar refractivity (Wildman–Crippen MR) is 121 cm³/mol. The van der Waals surface area contributed by atoms with Gasteiger partial charge in [0, 0.05) is 48.4 Å². The zero-order chi connectivity index (χ0) is 22.4. The molecule has 1 unspecified atom stereocenters. The third-order valence-electron chi connectivity index (χ3n) is 6.07. The first-order valence-electron chi connectivity index (χ1n) is 11.1. The first-order valence-corrected chi connectivity index (χ1v) is 11.1. The summed E-state index contributed by atoms with van der Waals surface area (Å²) in [6.45, 7) is 2.41. The molecule has 0 saturated heterocycles. The summed E-state index contributed by atoms with van der Waals surface area (Å²) in [5.74, 6) is 2.98. The predicted octanol–water partition coefficient (Wildman–Crippen LogP) is 2.85. The van der Waals surface area contributed by atoms with Crippen LogP contribution in [0.4, 0.5) is 11.6 Å². The number of amides is 1. The monoisotopic (exact) mass is 441 g/mol. The van der Waals surface area contributed by atoms with Gasteiger partial charge in [0.05, 0.1) is 12.2 Å². The van der Waals surface area contributed by atoms with Crippen LogP contribution in [-0.4, -0.2) is 40.2 Å². The Morgan fingerprint density at radius 2 is 2.00 bits per heavy atom. The first kappa shape index (κ1) is 19.7. The van der Waals surface area contributed by atoms with Crippen molar-refractivity contribution in [3.8, 4) is 0 Å². The summed E-state index contributed by atoms with van der Waals surface area (Å²) in [7, 11) is 0. The van der Waals surface area contributed by atoms with Crippen molar-refractivity contribution in [3.63, 3.8) is 0 Å². The number of aromatic nitrogens is 7. The summed E-state index contributed by atoms with van der Waals surface area (Å²) in [6.07, 6.45) is 12.4. The molecule has 0 spiro atoms. The molecule has 1 amide bonds. The lowest BCUT2D eigenvalue weighted by molar-refractivity contribution is -0.117. The summed E-state index contributed by atoms with van der Waals surface area (Å²) in [4.78, 5) is 38.8. The fourth-order valence-electron chi connectivity index (χ4n) is 4.00. The van der Waals surface area contributed by atoms with Gasteiger partial charge in [0.1, 0.15) is 23.8 Å². The Bertz CT molecular complexity index is 1350. The number of imidazole rings is 1. The molecule has 6 rings (SSSR count). The molecule has 166 valence electrons. The van der Waals surface area contributed by atoms with E-state index >= 15 is 0 Å². The zero-order valence-electron chi connectivity index (χ0n) is 18.1. The minimum Gasteiger partial charge on any atom is -0.364 e. The number of aryl methyl sites for hydroxylation is 1.